The molecule has 0 bridgehead atoms. The SMILES string of the molecule is COc1ccc(OC)c(C2CCCN2C(=O)CN2CCN(c3ccccc3)CC2)c1. The highest BCUT2D eigenvalue weighted by Gasteiger charge is 2.33. The van der Waals surface area contributed by atoms with Crippen molar-refractivity contribution in [1.29, 1.82) is 0 Å². The van der Waals surface area contributed by atoms with Crippen LogP contribution in [0.2, 0.25) is 0 Å². The maximum atomic E-state index is 13.2. The second kappa shape index (κ2) is 9.39. The summed E-state index contributed by atoms with van der Waals surface area (Å²) in [7, 11) is 3.34. The minimum atomic E-state index is 0.0492. The molecule has 30 heavy (non-hydrogen) atoms. The standard InChI is InChI=1S/C24H31N3O3/c1-29-20-10-11-23(30-2)21(17-20)22-9-6-12-27(22)24(28)18-25-13-15-26(16-14-25)19-7-4-3-5-8-19/h3-5,7-8,10-11,17,22H,6,9,12-16,18H2,1-2H3. The van der Waals surface area contributed by atoms with Crippen molar-refractivity contribution in [2.75, 3.05) is 58.4 Å². The first-order chi connectivity index (χ1) is 14.7. The molecule has 2 aliphatic rings. The first-order valence-electron chi connectivity index (χ1n) is 10.7. The first-order valence-corrected chi connectivity index (χ1v) is 10.7. The van der Waals surface area contributed by atoms with Crippen molar-refractivity contribution in [3.8, 4) is 11.5 Å². The van der Waals surface area contributed by atoms with E-state index in [4.69, 9.17) is 9.47 Å². The molecule has 0 aliphatic carbocycles. The molecule has 2 saturated heterocycles. The van der Waals surface area contributed by atoms with Gasteiger partial charge in [-0.1, -0.05) is 18.2 Å². The normalized spacial score (nSPS) is 19.7. The van der Waals surface area contributed by atoms with E-state index in [1.807, 2.05) is 29.2 Å². The van der Waals surface area contributed by atoms with Gasteiger partial charge in [-0.25, -0.2) is 0 Å². The number of benzene rings is 2. The molecule has 2 heterocycles. The van der Waals surface area contributed by atoms with Crippen LogP contribution in [0.15, 0.2) is 48.5 Å². The number of anilines is 1. The quantitative estimate of drug-likeness (QED) is 0.733. The van der Waals surface area contributed by atoms with Gasteiger partial charge >= 0.3 is 0 Å². The predicted molar refractivity (Wildman–Crippen MR) is 118 cm³/mol. The number of methoxy groups -OCH3 is 2. The van der Waals surface area contributed by atoms with Gasteiger partial charge in [0.2, 0.25) is 5.91 Å². The van der Waals surface area contributed by atoms with Gasteiger partial charge in [-0.3, -0.25) is 9.69 Å². The highest BCUT2D eigenvalue weighted by atomic mass is 16.5. The summed E-state index contributed by atoms with van der Waals surface area (Å²) < 4.78 is 11.0. The van der Waals surface area contributed by atoms with Crippen LogP contribution in [0.25, 0.3) is 0 Å². The minimum absolute atomic E-state index is 0.0492. The lowest BCUT2D eigenvalue weighted by molar-refractivity contribution is -0.133. The van der Waals surface area contributed by atoms with Gasteiger partial charge in [-0.2, -0.15) is 0 Å². The van der Waals surface area contributed by atoms with E-state index in [1.54, 1.807) is 14.2 Å². The van der Waals surface area contributed by atoms with Crippen molar-refractivity contribution in [3.63, 3.8) is 0 Å². The third-order valence-corrected chi connectivity index (χ3v) is 6.22. The zero-order valence-electron chi connectivity index (χ0n) is 17.9. The van der Waals surface area contributed by atoms with E-state index in [0.717, 1.165) is 62.6 Å². The Bertz CT molecular complexity index is 850. The Morgan fingerprint density at radius 1 is 0.967 bits per heavy atom. The Morgan fingerprint density at radius 3 is 2.43 bits per heavy atom. The zero-order valence-corrected chi connectivity index (χ0v) is 17.9. The highest BCUT2D eigenvalue weighted by Crippen LogP contribution is 2.39. The maximum Gasteiger partial charge on any atom is 0.237 e. The molecule has 2 aromatic carbocycles. The van der Waals surface area contributed by atoms with E-state index in [-0.39, 0.29) is 11.9 Å². The lowest BCUT2D eigenvalue weighted by Gasteiger charge is -2.37. The molecule has 4 rings (SSSR count). The fourth-order valence-electron chi connectivity index (χ4n) is 4.57. The Balaban J connectivity index is 1.39. The molecule has 0 N–H and O–H groups in total. The number of hydrogen-bond donors (Lipinski definition) is 0. The molecule has 2 aliphatic heterocycles. The maximum absolute atomic E-state index is 13.2. The van der Waals surface area contributed by atoms with E-state index in [9.17, 15) is 4.79 Å². The van der Waals surface area contributed by atoms with Gasteiger partial charge in [0.05, 0.1) is 26.8 Å². The van der Waals surface area contributed by atoms with E-state index in [2.05, 4.69) is 34.1 Å². The molecular formula is C24H31N3O3. The molecule has 0 radical (unpaired) electrons. The average molecular weight is 410 g/mol. The summed E-state index contributed by atoms with van der Waals surface area (Å²) in [6.07, 6.45) is 1.97. The minimum Gasteiger partial charge on any atom is -0.497 e. The molecule has 2 fully saturated rings. The number of carbonyl (C=O) groups excluding carboxylic acids is 1. The highest BCUT2D eigenvalue weighted by molar-refractivity contribution is 5.79. The molecule has 2 aromatic rings. The van der Waals surface area contributed by atoms with Crippen molar-refractivity contribution in [3.05, 3.63) is 54.1 Å². The monoisotopic (exact) mass is 409 g/mol. The van der Waals surface area contributed by atoms with Gasteiger partial charge in [0, 0.05) is 44.0 Å². The van der Waals surface area contributed by atoms with E-state index in [0.29, 0.717) is 6.54 Å². The van der Waals surface area contributed by atoms with Crippen molar-refractivity contribution < 1.29 is 14.3 Å². The lowest BCUT2D eigenvalue weighted by Crippen LogP contribution is -2.50. The van der Waals surface area contributed by atoms with Crippen LogP contribution in [0.4, 0.5) is 5.69 Å². The van der Waals surface area contributed by atoms with E-state index in [1.165, 1.54) is 5.69 Å². The lowest BCUT2D eigenvalue weighted by atomic mass is 10.0. The molecule has 1 amide bonds. The van der Waals surface area contributed by atoms with Gasteiger partial charge in [0.1, 0.15) is 11.5 Å². The van der Waals surface area contributed by atoms with Crippen LogP contribution in [0.1, 0.15) is 24.4 Å². The summed E-state index contributed by atoms with van der Waals surface area (Å²) >= 11 is 0. The smallest absolute Gasteiger partial charge is 0.237 e. The summed E-state index contributed by atoms with van der Waals surface area (Å²) in [5.74, 6) is 1.81. The van der Waals surface area contributed by atoms with Gasteiger partial charge in [0.15, 0.2) is 0 Å². The molecule has 0 saturated carbocycles. The summed E-state index contributed by atoms with van der Waals surface area (Å²) in [6.45, 7) is 4.98. The number of hydrogen-bond acceptors (Lipinski definition) is 5. The van der Waals surface area contributed by atoms with Crippen LogP contribution in [-0.4, -0.2) is 69.2 Å². The number of piperazine rings is 1. The number of likely N-dealkylation sites (tertiary alicyclic amines) is 1. The number of ether oxygens (including phenoxy) is 2. The predicted octanol–water partition coefficient (Wildman–Crippen LogP) is 3.19. The molecule has 1 unspecified atom stereocenters. The van der Waals surface area contributed by atoms with Crippen molar-refractivity contribution >= 4 is 11.6 Å². The third kappa shape index (κ3) is 4.38. The van der Waals surface area contributed by atoms with Crippen LogP contribution >= 0.6 is 0 Å². The van der Waals surface area contributed by atoms with Crippen LogP contribution in [0, 0.1) is 0 Å². The molecule has 6 nitrogen and oxygen atoms in total. The number of carbonyl (C=O) groups is 1. The largest absolute Gasteiger partial charge is 0.497 e. The summed E-state index contributed by atoms with van der Waals surface area (Å²) in [5, 5.41) is 0. The van der Waals surface area contributed by atoms with Crippen molar-refractivity contribution in [2.24, 2.45) is 0 Å². The third-order valence-electron chi connectivity index (χ3n) is 6.22. The Hall–Kier alpha value is -2.73. The molecule has 160 valence electrons. The van der Waals surface area contributed by atoms with Gasteiger partial charge in [0.25, 0.3) is 0 Å². The fraction of sp³-hybridized carbons (Fsp3) is 0.458. The Morgan fingerprint density at radius 2 is 1.73 bits per heavy atom. The van der Waals surface area contributed by atoms with E-state index < -0.39 is 0 Å². The van der Waals surface area contributed by atoms with Crippen molar-refractivity contribution in [2.45, 2.75) is 18.9 Å². The van der Waals surface area contributed by atoms with Crippen LogP contribution in [0.3, 0.4) is 0 Å². The first kappa shape index (κ1) is 20.5. The van der Waals surface area contributed by atoms with Crippen molar-refractivity contribution in [1.82, 2.24) is 9.80 Å². The van der Waals surface area contributed by atoms with E-state index >= 15 is 0 Å². The fourth-order valence-corrected chi connectivity index (χ4v) is 4.57. The number of rotatable bonds is 6. The van der Waals surface area contributed by atoms with Gasteiger partial charge < -0.3 is 19.3 Å². The second-order valence-corrected chi connectivity index (χ2v) is 7.95. The number of para-hydroxylation sites is 1. The van der Waals surface area contributed by atoms with Crippen LogP contribution < -0.4 is 14.4 Å². The molecule has 1 atom stereocenters. The topological polar surface area (TPSA) is 45.3 Å². The summed E-state index contributed by atoms with van der Waals surface area (Å²) in [6, 6.07) is 16.4. The molecule has 0 spiro atoms. The second-order valence-electron chi connectivity index (χ2n) is 7.95. The van der Waals surface area contributed by atoms with Crippen LogP contribution in [-0.2, 0) is 4.79 Å². The van der Waals surface area contributed by atoms with Gasteiger partial charge in [-0.15, -0.1) is 0 Å². The molecular weight excluding hydrogens is 378 g/mol. The van der Waals surface area contributed by atoms with Gasteiger partial charge in [-0.05, 0) is 43.2 Å². The molecule has 6 heteroatoms. The van der Waals surface area contributed by atoms with Crippen LogP contribution in [0.5, 0.6) is 11.5 Å². The average Bonchev–Trinajstić information content (AvgIpc) is 3.30. The Labute approximate surface area is 179 Å². The zero-order chi connectivity index (χ0) is 20.9. The Kier molecular flexibility index (Phi) is 6.43. The summed E-state index contributed by atoms with van der Waals surface area (Å²) in [4.78, 5) is 19.9. The molecule has 0 aromatic heterocycles. The number of nitrogens with zero attached hydrogens (tertiary/aromatic N) is 3. The summed E-state index contributed by atoms with van der Waals surface area (Å²) in [5.41, 5.74) is 2.30. The number of amides is 1.